The minimum Gasteiger partial charge on any atom is -0.460 e. The van der Waals surface area contributed by atoms with Crippen LogP contribution in [0.15, 0.2) is 57.9 Å². The van der Waals surface area contributed by atoms with Gasteiger partial charge in [0, 0.05) is 12.5 Å². The zero-order valence-electron chi connectivity index (χ0n) is 17.3. The lowest BCUT2D eigenvalue weighted by Crippen LogP contribution is -2.10. The van der Waals surface area contributed by atoms with Gasteiger partial charge in [0.25, 0.3) is 0 Å². The molecule has 3 aromatic rings. The molecular formula is C24H26O5. The smallest absolute Gasteiger partial charge is 0.311 e. The second kappa shape index (κ2) is 8.52. The molecule has 0 atom stereocenters. The van der Waals surface area contributed by atoms with Crippen LogP contribution in [-0.4, -0.2) is 5.97 Å². The van der Waals surface area contributed by atoms with Gasteiger partial charge in [0.15, 0.2) is 0 Å². The molecule has 5 heteroatoms. The van der Waals surface area contributed by atoms with Crippen molar-refractivity contribution >= 4 is 16.9 Å². The van der Waals surface area contributed by atoms with Gasteiger partial charge in [0.2, 0.25) is 11.2 Å². The molecule has 0 aliphatic rings. The monoisotopic (exact) mass is 394 g/mol. The summed E-state index contributed by atoms with van der Waals surface area (Å²) >= 11 is 0. The molecule has 0 unspecified atom stereocenters. The average molecular weight is 394 g/mol. The van der Waals surface area contributed by atoms with E-state index in [1.165, 1.54) is 11.8 Å². The number of benzene rings is 2. The van der Waals surface area contributed by atoms with Crippen molar-refractivity contribution in [2.24, 2.45) is 0 Å². The molecule has 3 rings (SSSR count). The van der Waals surface area contributed by atoms with E-state index in [-0.39, 0.29) is 22.6 Å². The Morgan fingerprint density at radius 3 is 2.38 bits per heavy atom. The predicted octanol–water partition coefficient (Wildman–Crippen LogP) is 5.98. The Morgan fingerprint density at radius 1 is 1.03 bits per heavy atom. The van der Waals surface area contributed by atoms with E-state index in [1.807, 2.05) is 31.2 Å². The third-order valence-electron chi connectivity index (χ3n) is 4.63. The zero-order chi connectivity index (χ0) is 21.0. The first kappa shape index (κ1) is 20.6. The number of carbonyl (C=O) groups excluding carboxylic acids is 1. The highest BCUT2D eigenvalue weighted by molar-refractivity contribution is 5.80. The lowest BCUT2D eigenvalue weighted by Gasteiger charge is -2.19. The van der Waals surface area contributed by atoms with E-state index < -0.39 is 0 Å². The molecule has 5 nitrogen and oxygen atoms in total. The summed E-state index contributed by atoms with van der Waals surface area (Å²) < 4.78 is 16.6. The van der Waals surface area contributed by atoms with Gasteiger partial charge in [-0.3, -0.25) is 9.59 Å². The van der Waals surface area contributed by atoms with Crippen LogP contribution in [0.2, 0.25) is 0 Å². The van der Waals surface area contributed by atoms with E-state index >= 15 is 0 Å². The molecule has 1 aromatic heterocycles. The van der Waals surface area contributed by atoms with Crippen molar-refractivity contribution in [3.63, 3.8) is 0 Å². The van der Waals surface area contributed by atoms with E-state index in [0.29, 0.717) is 28.9 Å². The molecule has 1 heterocycles. The summed E-state index contributed by atoms with van der Waals surface area (Å²) in [7, 11) is 0. The van der Waals surface area contributed by atoms with Gasteiger partial charge in [-0.15, -0.1) is 0 Å². The number of hydrogen-bond donors (Lipinski definition) is 0. The van der Waals surface area contributed by atoms with E-state index in [0.717, 1.165) is 12.8 Å². The lowest BCUT2D eigenvalue weighted by atomic mass is 9.87. The molecule has 0 saturated carbocycles. The Bertz CT molecular complexity index is 1060. The second-order valence-corrected chi connectivity index (χ2v) is 8.04. The van der Waals surface area contributed by atoms with Gasteiger partial charge in [0.05, 0.1) is 5.39 Å². The Morgan fingerprint density at radius 2 is 1.72 bits per heavy atom. The number of carbonyl (C=O) groups is 1. The summed E-state index contributed by atoms with van der Waals surface area (Å²) in [6.07, 6.45) is 3.34. The first-order valence-electron chi connectivity index (χ1n) is 9.82. The second-order valence-electron chi connectivity index (χ2n) is 8.04. The first-order valence-corrected chi connectivity index (χ1v) is 9.82. The molecular weight excluding hydrogens is 368 g/mol. The van der Waals surface area contributed by atoms with Gasteiger partial charge in [0.1, 0.15) is 23.3 Å². The van der Waals surface area contributed by atoms with Crippen molar-refractivity contribution < 1.29 is 18.7 Å². The Balaban J connectivity index is 1.80. The van der Waals surface area contributed by atoms with E-state index in [2.05, 4.69) is 20.8 Å². The molecule has 29 heavy (non-hydrogen) atoms. The largest absolute Gasteiger partial charge is 0.460 e. The lowest BCUT2D eigenvalue weighted by molar-refractivity contribution is -0.134. The van der Waals surface area contributed by atoms with Gasteiger partial charge >= 0.3 is 5.97 Å². The number of hydrogen-bond acceptors (Lipinski definition) is 5. The molecule has 0 N–H and O–H groups in total. The fourth-order valence-corrected chi connectivity index (χ4v) is 2.88. The van der Waals surface area contributed by atoms with Crippen molar-refractivity contribution in [2.45, 2.75) is 52.4 Å². The van der Waals surface area contributed by atoms with Crippen molar-refractivity contribution in [3.8, 4) is 17.2 Å². The molecule has 0 saturated heterocycles. The molecule has 2 aromatic carbocycles. The van der Waals surface area contributed by atoms with Crippen LogP contribution in [0, 0.1) is 0 Å². The van der Waals surface area contributed by atoms with Crippen LogP contribution in [-0.2, 0) is 10.2 Å². The SMILES string of the molecule is CCCCC(=O)Oc1ccc2c(=O)c(Oc3ccc(C(C)(C)C)cc3)coc2c1. The standard InChI is InChI=1S/C24H26O5/c1-5-6-7-22(25)29-18-12-13-19-20(14-18)27-15-21(23(19)26)28-17-10-8-16(9-11-17)24(2,3)4/h8-15H,5-7H2,1-4H3. The topological polar surface area (TPSA) is 65.7 Å². The zero-order valence-corrected chi connectivity index (χ0v) is 17.3. The summed E-state index contributed by atoms with van der Waals surface area (Å²) in [5.74, 6) is 0.722. The van der Waals surface area contributed by atoms with Crippen LogP contribution in [0.3, 0.4) is 0 Å². The highest BCUT2D eigenvalue weighted by Gasteiger charge is 2.15. The highest BCUT2D eigenvalue weighted by atomic mass is 16.5. The van der Waals surface area contributed by atoms with Crippen LogP contribution in [0.1, 0.15) is 52.5 Å². The third kappa shape index (κ3) is 5.05. The maximum Gasteiger partial charge on any atom is 0.311 e. The van der Waals surface area contributed by atoms with E-state index in [4.69, 9.17) is 13.9 Å². The summed E-state index contributed by atoms with van der Waals surface area (Å²) in [4.78, 5) is 24.5. The molecule has 0 amide bonds. The molecule has 0 fully saturated rings. The minimum absolute atomic E-state index is 0.0399. The van der Waals surface area contributed by atoms with Crippen molar-refractivity contribution in [1.82, 2.24) is 0 Å². The van der Waals surface area contributed by atoms with Crippen LogP contribution in [0.5, 0.6) is 17.2 Å². The fraction of sp³-hybridized carbons (Fsp3) is 0.333. The quantitative estimate of drug-likeness (QED) is 0.380. The van der Waals surface area contributed by atoms with Crippen LogP contribution in [0.4, 0.5) is 0 Å². The third-order valence-corrected chi connectivity index (χ3v) is 4.63. The van der Waals surface area contributed by atoms with E-state index in [1.54, 1.807) is 18.2 Å². The van der Waals surface area contributed by atoms with Crippen LogP contribution >= 0.6 is 0 Å². The molecule has 0 bridgehead atoms. The average Bonchev–Trinajstić information content (AvgIpc) is 2.68. The molecule has 0 radical (unpaired) electrons. The summed E-state index contributed by atoms with van der Waals surface area (Å²) in [6.45, 7) is 8.42. The van der Waals surface area contributed by atoms with Crippen LogP contribution in [0.25, 0.3) is 11.0 Å². The number of esters is 1. The van der Waals surface area contributed by atoms with Gasteiger partial charge in [-0.1, -0.05) is 46.2 Å². The van der Waals surface area contributed by atoms with Gasteiger partial charge in [-0.25, -0.2) is 0 Å². The number of fused-ring (bicyclic) bond motifs is 1. The Kier molecular flexibility index (Phi) is 6.06. The van der Waals surface area contributed by atoms with Gasteiger partial charge < -0.3 is 13.9 Å². The summed E-state index contributed by atoms with van der Waals surface area (Å²) in [5.41, 5.74) is 1.27. The Hall–Kier alpha value is -3.08. The molecule has 0 aliphatic carbocycles. The highest BCUT2D eigenvalue weighted by Crippen LogP contribution is 2.27. The van der Waals surface area contributed by atoms with E-state index in [9.17, 15) is 9.59 Å². The van der Waals surface area contributed by atoms with Crippen molar-refractivity contribution in [3.05, 3.63) is 64.5 Å². The summed E-state index contributed by atoms with van der Waals surface area (Å²) in [6, 6.07) is 12.4. The fourth-order valence-electron chi connectivity index (χ4n) is 2.88. The molecule has 0 spiro atoms. The normalized spacial score (nSPS) is 11.4. The van der Waals surface area contributed by atoms with Gasteiger partial charge in [-0.2, -0.15) is 0 Å². The van der Waals surface area contributed by atoms with Crippen LogP contribution < -0.4 is 14.9 Å². The van der Waals surface area contributed by atoms with Crippen molar-refractivity contribution in [1.29, 1.82) is 0 Å². The number of rotatable bonds is 6. The number of unbranched alkanes of at least 4 members (excludes halogenated alkanes) is 1. The number of ether oxygens (including phenoxy) is 2. The first-order chi connectivity index (χ1) is 13.8. The predicted molar refractivity (Wildman–Crippen MR) is 113 cm³/mol. The Labute approximate surface area is 170 Å². The molecule has 0 aliphatic heterocycles. The van der Waals surface area contributed by atoms with Crippen molar-refractivity contribution in [2.75, 3.05) is 0 Å². The minimum atomic E-state index is -0.299. The molecule has 152 valence electrons. The maximum atomic E-state index is 12.7. The summed E-state index contributed by atoms with van der Waals surface area (Å²) in [5, 5.41) is 0.363. The maximum absolute atomic E-state index is 12.7. The van der Waals surface area contributed by atoms with Gasteiger partial charge in [-0.05, 0) is 41.7 Å².